The summed E-state index contributed by atoms with van der Waals surface area (Å²) in [5, 5.41) is 11.3. The summed E-state index contributed by atoms with van der Waals surface area (Å²) in [5.41, 5.74) is 1.18. The van der Waals surface area contributed by atoms with Crippen molar-refractivity contribution in [2.45, 2.75) is 12.5 Å². The monoisotopic (exact) mass is 494 g/mol. The summed E-state index contributed by atoms with van der Waals surface area (Å²) in [4.78, 5) is 30.3. The summed E-state index contributed by atoms with van der Waals surface area (Å²) in [6.45, 7) is 5.13. The molecule has 0 radical (unpaired) electrons. The van der Waals surface area contributed by atoms with Crippen molar-refractivity contribution in [3.8, 4) is 17.2 Å². The van der Waals surface area contributed by atoms with Crippen LogP contribution in [0.1, 0.15) is 23.6 Å². The molecule has 9 nitrogen and oxygen atoms in total. The van der Waals surface area contributed by atoms with Crippen LogP contribution in [-0.2, 0) is 14.3 Å². The highest BCUT2D eigenvalue weighted by molar-refractivity contribution is 6.46. The second kappa shape index (κ2) is 10.6. The van der Waals surface area contributed by atoms with E-state index in [-0.39, 0.29) is 11.3 Å². The SMILES string of the molecule is COc1ccc([C@@H]2/C(=C(\O)c3ccc4c(c3)OCCO4)C(=O)C(=O)N2CCCN2CCOCC2)cc1. The Bertz CT molecular complexity index is 1160. The maximum Gasteiger partial charge on any atom is 0.295 e. The summed E-state index contributed by atoms with van der Waals surface area (Å²) >= 11 is 0. The van der Waals surface area contributed by atoms with Gasteiger partial charge in [-0.1, -0.05) is 12.1 Å². The second-order valence-corrected chi connectivity index (χ2v) is 8.93. The number of ether oxygens (including phenoxy) is 4. The molecule has 3 aliphatic rings. The van der Waals surface area contributed by atoms with E-state index in [9.17, 15) is 14.7 Å². The summed E-state index contributed by atoms with van der Waals surface area (Å²) < 4.78 is 21.9. The van der Waals surface area contributed by atoms with Gasteiger partial charge >= 0.3 is 0 Å². The molecule has 2 aromatic carbocycles. The van der Waals surface area contributed by atoms with Gasteiger partial charge in [-0.15, -0.1) is 0 Å². The van der Waals surface area contributed by atoms with Gasteiger partial charge < -0.3 is 29.0 Å². The lowest BCUT2D eigenvalue weighted by molar-refractivity contribution is -0.140. The van der Waals surface area contributed by atoms with Crippen molar-refractivity contribution in [2.24, 2.45) is 0 Å². The van der Waals surface area contributed by atoms with Gasteiger partial charge in [-0.05, 0) is 42.3 Å². The number of hydrogen-bond donors (Lipinski definition) is 1. The van der Waals surface area contributed by atoms with Crippen LogP contribution >= 0.6 is 0 Å². The molecule has 2 aromatic rings. The van der Waals surface area contributed by atoms with Crippen LogP contribution in [0.15, 0.2) is 48.0 Å². The summed E-state index contributed by atoms with van der Waals surface area (Å²) in [6.07, 6.45) is 0.698. The third kappa shape index (κ3) is 4.76. The molecule has 0 unspecified atom stereocenters. The Balaban J connectivity index is 1.48. The van der Waals surface area contributed by atoms with Gasteiger partial charge in [0.2, 0.25) is 0 Å². The van der Waals surface area contributed by atoms with Gasteiger partial charge in [0.25, 0.3) is 11.7 Å². The number of aliphatic hydroxyl groups is 1. The van der Waals surface area contributed by atoms with E-state index in [0.717, 1.165) is 25.2 Å². The largest absolute Gasteiger partial charge is 0.507 e. The topological polar surface area (TPSA) is 97.8 Å². The Morgan fingerprint density at radius 3 is 2.42 bits per heavy atom. The van der Waals surface area contributed by atoms with Gasteiger partial charge in [-0.3, -0.25) is 14.5 Å². The van der Waals surface area contributed by atoms with Crippen molar-refractivity contribution in [2.75, 3.05) is 59.7 Å². The second-order valence-electron chi connectivity index (χ2n) is 8.93. The Kier molecular flexibility index (Phi) is 7.11. The lowest BCUT2D eigenvalue weighted by Crippen LogP contribution is -2.38. The molecule has 1 atom stereocenters. The molecule has 36 heavy (non-hydrogen) atoms. The number of carbonyl (C=O) groups is 2. The molecule has 3 aliphatic heterocycles. The Morgan fingerprint density at radius 2 is 1.69 bits per heavy atom. The van der Waals surface area contributed by atoms with Crippen LogP contribution in [0.5, 0.6) is 17.2 Å². The van der Waals surface area contributed by atoms with Gasteiger partial charge in [-0.2, -0.15) is 0 Å². The van der Waals surface area contributed by atoms with Crippen molar-refractivity contribution < 1.29 is 33.6 Å². The fourth-order valence-electron chi connectivity index (χ4n) is 4.88. The molecule has 2 saturated heterocycles. The highest BCUT2D eigenvalue weighted by Gasteiger charge is 2.46. The maximum absolute atomic E-state index is 13.3. The van der Waals surface area contributed by atoms with Gasteiger partial charge in [0, 0.05) is 31.7 Å². The molecule has 0 spiro atoms. The number of benzene rings is 2. The molecule has 9 heteroatoms. The quantitative estimate of drug-likeness (QED) is 0.357. The number of ketones is 1. The summed E-state index contributed by atoms with van der Waals surface area (Å²) in [7, 11) is 1.58. The number of rotatable bonds is 7. The molecule has 1 amide bonds. The number of morpholine rings is 1. The number of carbonyl (C=O) groups excluding carboxylic acids is 2. The fourth-order valence-corrected chi connectivity index (χ4v) is 4.88. The predicted octanol–water partition coefficient (Wildman–Crippen LogP) is 2.61. The number of aliphatic hydroxyl groups excluding tert-OH is 1. The average molecular weight is 495 g/mol. The maximum atomic E-state index is 13.3. The standard InChI is InChI=1S/C27H30N2O7/c1-33-20-6-3-18(4-7-20)24-23(25(30)19-5-8-21-22(17-19)36-16-15-35-21)26(31)27(32)29(24)10-2-9-28-11-13-34-14-12-28/h3-8,17,24,30H,2,9-16H2,1H3/b25-23+/t24-/m1/s1. The minimum Gasteiger partial charge on any atom is -0.507 e. The van der Waals surface area contributed by atoms with Crippen LogP contribution in [0.2, 0.25) is 0 Å². The zero-order chi connectivity index (χ0) is 25.1. The van der Waals surface area contributed by atoms with Crippen molar-refractivity contribution in [1.82, 2.24) is 9.80 Å². The predicted molar refractivity (Wildman–Crippen MR) is 131 cm³/mol. The lowest BCUT2D eigenvalue weighted by Gasteiger charge is -2.29. The molecule has 0 saturated carbocycles. The molecule has 2 fully saturated rings. The van der Waals surface area contributed by atoms with Crippen LogP contribution in [0.4, 0.5) is 0 Å². The van der Waals surface area contributed by atoms with Gasteiger partial charge in [0.15, 0.2) is 11.5 Å². The number of Topliss-reactive ketones (excluding diaryl/α,β-unsaturated/α-hetero) is 1. The third-order valence-electron chi connectivity index (χ3n) is 6.76. The van der Waals surface area contributed by atoms with E-state index in [0.29, 0.717) is 62.2 Å². The number of fused-ring (bicyclic) bond motifs is 1. The first kappa shape index (κ1) is 24.1. The summed E-state index contributed by atoms with van der Waals surface area (Å²) in [6, 6.07) is 11.5. The van der Waals surface area contributed by atoms with Gasteiger partial charge in [0.1, 0.15) is 24.7 Å². The molecular formula is C27H30N2O7. The lowest BCUT2D eigenvalue weighted by atomic mass is 9.95. The summed E-state index contributed by atoms with van der Waals surface area (Å²) in [5.74, 6) is 0.183. The van der Waals surface area contributed by atoms with E-state index in [2.05, 4.69) is 4.90 Å². The number of amides is 1. The molecular weight excluding hydrogens is 464 g/mol. The molecule has 190 valence electrons. The van der Waals surface area contributed by atoms with Gasteiger partial charge in [-0.25, -0.2) is 0 Å². The average Bonchev–Trinajstić information content (AvgIpc) is 3.18. The van der Waals surface area contributed by atoms with Crippen LogP contribution < -0.4 is 14.2 Å². The van der Waals surface area contributed by atoms with Crippen molar-refractivity contribution in [3.63, 3.8) is 0 Å². The number of methoxy groups -OCH3 is 1. The number of nitrogens with zero attached hydrogens (tertiary/aromatic N) is 2. The zero-order valence-corrected chi connectivity index (χ0v) is 20.3. The molecule has 5 rings (SSSR count). The molecule has 0 aliphatic carbocycles. The molecule has 0 aromatic heterocycles. The first-order chi connectivity index (χ1) is 17.6. The normalized spacial score (nSPS) is 21.6. The van der Waals surface area contributed by atoms with E-state index in [1.165, 1.54) is 0 Å². The van der Waals surface area contributed by atoms with Crippen molar-refractivity contribution >= 4 is 17.4 Å². The van der Waals surface area contributed by atoms with Crippen LogP contribution in [-0.4, -0.2) is 86.3 Å². The highest BCUT2D eigenvalue weighted by atomic mass is 16.6. The highest BCUT2D eigenvalue weighted by Crippen LogP contribution is 2.41. The van der Waals surface area contributed by atoms with E-state index < -0.39 is 17.7 Å². The van der Waals surface area contributed by atoms with Crippen LogP contribution in [0.3, 0.4) is 0 Å². The smallest absolute Gasteiger partial charge is 0.295 e. The van der Waals surface area contributed by atoms with E-state index in [1.54, 1.807) is 42.3 Å². The van der Waals surface area contributed by atoms with Crippen molar-refractivity contribution in [1.29, 1.82) is 0 Å². The minimum atomic E-state index is -0.714. The van der Waals surface area contributed by atoms with Crippen molar-refractivity contribution in [3.05, 3.63) is 59.2 Å². The number of likely N-dealkylation sites (tertiary alicyclic amines) is 1. The molecule has 3 heterocycles. The molecule has 1 N–H and O–H groups in total. The van der Waals surface area contributed by atoms with Gasteiger partial charge in [0.05, 0.1) is 31.9 Å². The zero-order valence-electron chi connectivity index (χ0n) is 20.3. The van der Waals surface area contributed by atoms with Crippen LogP contribution in [0, 0.1) is 0 Å². The Hall–Kier alpha value is -3.56. The Morgan fingerprint density at radius 1 is 0.972 bits per heavy atom. The molecule has 0 bridgehead atoms. The number of hydrogen-bond acceptors (Lipinski definition) is 8. The fraction of sp³-hybridized carbons (Fsp3) is 0.407. The minimum absolute atomic E-state index is 0.0632. The van der Waals surface area contributed by atoms with Crippen LogP contribution in [0.25, 0.3) is 5.76 Å². The van der Waals surface area contributed by atoms with E-state index in [4.69, 9.17) is 18.9 Å². The van der Waals surface area contributed by atoms with E-state index >= 15 is 0 Å². The van der Waals surface area contributed by atoms with E-state index in [1.807, 2.05) is 12.1 Å². The first-order valence-electron chi connectivity index (χ1n) is 12.2. The first-order valence-corrected chi connectivity index (χ1v) is 12.2. The third-order valence-corrected chi connectivity index (χ3v) is 6.76. The Labute approximate surface area is 209 Å².